The van der Waals surface area contributed by atoms with Gasteiger partial charge in [-0.1, -0.05) is 12.1 Å². The van der Waals surface area contributed by atoms with Gasteiger partial charge in [0.05, 0.1) is 17.8 Å². The van der Waals surface area contributed by atoms with Crippen molar-refractivity contribution in [3.8, 4) is 17.7 Å². The Kier molecular flexibility index (Phi) is 4.45. The Morgan fingerprint density at radius 2 is 2.00 bits per heavy atom. The molecule has 3 rings (SSSR count). The van der Waals surface area contributed by atoms with Crippen molar-refractivity contribution in [2.24, 2.45) is 0 Å². The zero-order valence-corrected chi connectivity index (χ0v) is 12.5. The quantitative estimate of drug-likeness (QED) is 0.797. The molecule has 116 valence electrons. The zero-order valence-electron chi connectivity index (χ0n) is 12.5. The number of carbonyl (C=O) groups excluding carboxylic acids is 1. The molecule has 24 heavy (non-hydrogen) atoms. The number of anilines is 1. The second-order valence-corrected chi connectivity index (χ2v) is 4.82. The van der Waals surface area contributed by atoms with E-state index in [2.05, 4.69) is 15.3 Å². The summed E-state index contributed by atoms with van der Waals surface area (Å²) in [7, 11) is 0. The van der Waals surface area contributed by atoms with Crippen LogP contribution in [-0.2, 0) is 0 Å². The molecule has 0 fully saturated rings. The van der Waals surface area contributed by atoms with Crippen LogP contribution in [0.5, 0.6) is 11.6 Å². The summed E-state index contributed by atoms with van der Waals surface area (Å²) in [4.78, 5) is 20.2. The van der Waals surface area contributed by atoms with Crippen LogP contribution < -0.4 is 10.1 Å². The van der Waals surface area contributed by atoms with E-state index in [-0.39, 0.29) is 5.91 Å². The summed E-state index contributed by atoms with van der Waals surface area (Å²) in [6, 6.07) is 15.4. The van der Waals surface area contributed by atoms with E-state index < -0.39 is 0 Å². The number of hydrogen-bond acceptors (Lipinski definition) is 5. The summed E-state index contributed by atoms with van der Waals surface area (Å²) in [6.45, 7) is 0. The minimum atomic E-state index is -0.302. The number of nitrogens with one attached hydrogen (secondary N) is 1. The molecule has 0 bridgehead atoms. The largest absolute Gasteiger partial charge is 0.437 e. The van der Waals surface area contributed by atoms with Gasteiger partial charge in [0.1, 0.15) is 5.75 Å². The van der Waals surface area contributed by atoms with Crippen LogP contribution in [0, 0.1) is 11.3 Å². The lowest BCUT2D eigenvalue weighted by atomic mass is 10.1. The third-order valence-corrected chi connectivity index (χ3v) is 3.11. The predicted octanol–water partition coefficient (Wildman–Crippen LogP) is 3.39. The van der Waals surface area contributed by atoms with Crippen LogP contribution in [0.4, 0.5) is 5.69 Å². The van der Waals surface area contributed by atoms with Crippen LogP contribution in [0.15, 0.2) is 67.1 Å². The molecule has 1 heterocycles. The van der Waals surface area contributed by atoms with Gasteiger partial charge < -0.3 is 10.1 Å². The summed E-state index contributed by atoms with van der Waals surface area (Å²) in [5.41, 5.74) is 1.42. The van der Waals surface area contributed by atoms with E-state index in [9.17, 15) is 4.79 Å². The topological polar surface area (TPSA) is 87.9 Å². The number of amides is 1. The molecule has 1 amide bonds. The minimum Gasteiger partial charge on any atom is -0.437 e. The number of nitriles is 1. The number of ether oxygens (including phenoxy) is 1. The van der Waals surface area contributed by atoms with Gasteiger partial charge in [0.2, 0.25) is 5.88 Å². The average molecular weight is 316 g/mol. The van der Waals surface area contributed by atoms with Crippen molar-refractivity contribution >= 4 is 11.6 Å². The Morgan fingerprint density at radius 1 is 1.12 bits per heavy atom. The number of nitrogens with zero attached hydrogens (tertiary/aromatic N) is 3. The van der Waals surface area contributed by atoms with Crippen LogP contribution in [0.25, 0.3) is 0 Å². The molecule has 0 spiro atoms. The van der Waals surface area contributed by atoms with Gasteiger partial charge in [-0.3, -0.25) is 9.78 Å². The maximum atomic E-state index is 12.3. The molecular formula is C18H12N4O2. The van der Waals surface area contributed by atoms with E-state index in [1.54, 1.807) is 48.7 Å². The van der Waals surface area contributed by atoms with Gasteiger partial charge >= 0.3 is 0 Å². The normalized spacial score (nSPS) is 9.79. The lowest BCUT2D eigenvalue weighted by Crippen LogP contribution is -2.11. The van der Waals surface area contributed by atoms with Gasteiger partial charge in [-0.25, -0.2) is 4.98 Å². The summed E-state index contributed by atoms with van der Waals surface area (Å²) >= 11 is 0. The first-order valence-electron chi connectivity index (χ1n) is 7.10. The van der Waals surface area contributed by atoms with Crippen LogP contribution >= 0.6 is 0 Å². The second kappa shape index (κ2) is 7.03. The van der Waals surface area contributed by atoms with Gasteiger partial charge in [-0.2, -0.15) is 5.26 Å². The van der Waals surface area contributed by atoms with Crippen molar-refractivity contribution in [2.45, 2.75) is 0 Å². The lowest BCUT2D eigenvalue weighted by Gasteiger charge is -2.08. The fraction of sp³-hybridized carbons (Fsp3) is 0. The van der Waals surface area contributed by atoms with Crippen molar-refractivity contribution < 1.29 is 9.53 Å². The van der Waals surface area contributed by atoms with Crippen molar-refractivity contribution in [1.82, 2.24) is 9.97 Å². The van der Waals surface area contributed by atoms with E-state index in [1.807, 2.05) is 6.07 Å². The van der Waals surface area contributed by atoms with Crippen LogP contribution in [0.1, 0.15) is 15.9 Å². The molecule has 0 aliphatic heterocycles. The summed E-state index contributed by atoms with van der Waals surface area (Å²) in [5.74, 6) is 0.588. The molecule has 0 atom stereocenters. The molecule has 2 aromatic carbocycles. The van der Waals surface area contributed by atoms with Crippen LogP contribution in [-0.4, -0.2) is 15.9 Å². The standard InChI is InChI=1S/C18H12N4O2/c19-11-13-3-1-4-14(9-13)18(23)22-15-5-2-6-16(10-15)24-17-12-20-7-8-21-17/h1-10,12H,(H,22,23). The van der Waals surface area contributed by atoms with Crippen LogP contribution in [0.2, 0.25) is 0 Å². The predicted molar refractivity (Wildman–Crippen MR) is 87.7 cm³/mol. The fourth-order valence-electron chi connectivity index (χ4n) is 2.03. The van der Waals surface area contributed by atoms with Crippen molar-refractivity contribution in [2.75, 3.05) is 5.32 Å². The van der Waals surface area contributed by atoms with Gasteiger partial charge in [0.15, 0.2) is 0 Å². The third kappa shape index (κ3) is 3.72. The molecule has 0 aliphatic carbocycles. The molecule has 1 aromatic heterocycles. The van der Waals surface area contributed by atoms with E-state index in [0.717, 1.165) is 0 Å². The number of hydrogen-bond donors (Lipinski definition) is 1. The molecule has 0 aliphatic rings. The van der Waals surface area contributed by atoms with Gasteiger partial charge in [-0.05, 0) is 30.3 Å². The van der Waals surface area contributed by atoms with E-state index >= 15 is 0 Å². The Labute approximate surface area is 138 Å². The average Bonchev–Trinajstić information content (AvgIpc) is 2.63. The number of rotatable bonds is 4. The fourth-order valence-corrected chi connectivity index (χ4v) is 2.03. The Balaban J connectivity index is 1.74. The third-order valence-electron chi connectivity index (χ3n) is 3.11. The first-order chi connectivity index (χ1) is 11.7. The highest BCUT2D eigenvalue weighted by Crippen LogP contribution is 2.22. The molecule has 0 saturated carbocycles. The van der Waals surface area contributed by atoms with Crippen molar-refractivity contribution in [3.05, 3.63) is 78.2 Å². The molecule has 0 saturated heterocycles. The number of carbonyl (C=O) groups is 1. The molecule has 0 unspecified atom stereocenters. The molecule has 3 aromatic rings. The van der Waals surface area contributed by atoms with Crippen LogP contribution in [0.3, 0.4) is 0 Å². The maximum absolute atomic E-state index is 12.3. The summed E-state index contributed by atoms with van der Waals surface area (Å²) in [5, 5.41) is 11.7. The van der Waals surface area contributed by atoms with E-state index in [1.165, 1.54) is 18.5 Å². The van der Waals surface area contributed by atoms with Gasteiger partial charge in [0, 0.05) is 29.7 Å². The molecule has 6 heteroatoms. The Hall–Kier alpha value is -3.72. The first kappa shape index (κ1) is 15.2. The van der Waals surface area contributed by atoms with E-state index in [0.29, 0.717) is 28.4 Å². The minimum absolute atomic E-state index is 0.302. The van der Waals surface area contributed by atoms with Gasteiger partial charge in [-0.15, -0.1) is 0 Å². The molecule has 6 nitrogen and oxygen atoms in total. The molecular weight excluding hydrogens is 304 g/mol. The summed E-state index contributed by atoms with van der Waals surface area (Å²) < 4.78 is 5.57. The number of aromatic nitrogens is 2. The first-order valence-corrected chi connectivity index (χ1v) is 7.10. The van der Waals surface area contributed by atoms with Crippen molar-refractivity contribution in [3.63, 3.8) is 0 Å². The monoisotopic (exact) mass is 316 g/mol. The van der Waals surface area contributed by atoms with Crippen molar-refractivity contribution in [1.29, 1.82) is 5.26 Å². The zero-order chi connectivity index (χ0) is 16.8. The Bertz CT molecular complexity index is 904. The molecule has 0 radical (unpaired) electrons. The molecule has 1 N–H and O–H groups in total. The summed E-state index contributed by atoms with van der Waals surface area (Å²) in [6.07, 6.45) is 4.58. The Morgan fingerprint density at radius 3 is 2.79 bits per heavy atom. The van der Waals surface area contributed by atoms with E-state index in [4.69, 9.17) is 10.00 Å². The smallest absolute Gasteiger partial charge is 0.255 e. The SMILES string of the molecule is N#Cc1cccc(C(=O)Nc2cccc(Oc3cnccn3)c2)c1. The highest BCUT2D eigenvalue weighted by atomic mass is 16.5. The highest BCUT2D eigenvalue weighted by molar-refractivity contribution is 6.04. The maximum Gasteiger partial charge on any atom is 0.255 e. The van der Waals surface area contributed by atoms with Gasteiger partial charge in [0.25, 0.3) is 5.91 Å². The highest BCUT2D eigenvalue weighted by Gasteiger charge is 2.08. The second-order valence-electron chi connectivity index (χ2n) is 4.82. The lowest BCUT2D eigenvalue weighted by molar-refractivity contribution is 0.102. The number of benzene rings is 2.